The monoisotopic (exact) mass is 242 g/mol. The molecule has 0 bridgehead atoms. The van der Waals surface area contributed by atoms with E-state index < -0.39 is 15.5 Å². The van der Waals surface area contributed by atoms with Crippen molar-refractivity contribution in [1.29, 1.82) is 0 Å². The highest BCUT2D eigenvalue weighted by molar-refractivity contribution is 5.64. The van der Waals surface area contributed by atoms with E-state index in [0.717, 1.165) is 12.1 Å². The summed E-state index contributed by atoms with van der Waals surface area (Å²) in [7, 11) is 0. The average Bonchev–Trinajstić information content (AvgIpc) is 2.29. The largest absolute Gasteiger partial charge is 0.324 e. The zero-order valence-electron chi connectivity index (χ0n) is 8.57. The predicted octanol–water partition coefficient (Wildman–Crippen LogP) is 0.349. The van der Waals surface area contributed by atoms with Gasteiger partial charge in [0, 0.05) is 12.8 Å². The molecule has 1 aromatic carbocycles. The molecule has 0 atom stereocenters. The Kier molecular flexibility index (Phi) is 5.60. The third-order valence-electron chi connectivity index (χ3n) is 1.54. The third kappa shape index (κ3) is 4.09. The first kappa shape index (κ1) is 14.2. The molecular weight excluding hydrogens is 232 g/mol. The van der Waals surface area contributed by atoms with Crippen LogP contribution in [0.4, 0.5) is 17.1 Å². The Morgan fingerprint density at radius 2 is 1.82 bits per heavy atom. The lowest BCUT2D eigenvalue weighted by Gasteiger charge is -2.00. The van der Waals surface area contributed by atoms with Crippen LogP contribution in [0.25, 0.3) is 0 Å². The highest BCUT2D eigenvalue weighted by Crippen LogP contribution is 2.27. The van der Waals surface area contributed by atoms with E-state index in [-0.39, 0.29) is 11.4 Å². The smallest absolute Gasteiger partial charge is 0.300 e. The molecule has 0 aliphatic carbocycles. The fourth-order valence-electron chi connectivity index (χ4n) is 0.907. The van der Waals surface area contributed by atoms with Crippen molar-refractivity contribution in [3.05, 3.63) is 38.4 Å². The number of non-ortho nitro benzene ring substituents is 1. The second-order valence-electron chi connectivity index (χ2n) is 2.54. The molecule has 0 radical (unpaired) electrons. The number of nitrogens with two attached hydrogens (primary N) is 2. The van der Waals surface area contributed by atoms with Crippen LogP contribution in [0.3, 0.4) is 0 Å². The average molecular weight is 242 g/mol. The maximum Gasteiger partial charge on any atom is 0.300 e. The van der Waals surface area contributed by atoms with Crippen LogP contribution in [0.15, 0.2) is 23.3 Å². The molecule has 0 unspecified atom stereocenters. The number of nitrogen functional groups attached to an aromatic ring is 1. The molecule has 0 saturated heterocycles. The Labute approximate surface area is 95.2 Å². The van der Waals surface area contributed by atoms with Crippen LogP contribution in [0.2, 0.25) is 0 Å². The van der Waals surface area contributed by atoms with Crippen LogP contribution in [-0.2, 0) is 0 Å². The normalized spacial score (nSPS) is 8.53. The predicted molar refractivity (Wildman–Crippen MR) is 61.3 cm³/mol. The second-order valence-corrected chi connectivity index (χ2v) is 2.54. The van der Waals surface area contributed by atoms with Gasteiger partial charge in [0.15, 0.2) is 0 Å². The van der Waals surface area contributed by atoms with Crippen molar-refractivity contribution in [2.24, 2.45) is 16.8 Å². The summed E-state index contributed by atoms with van der Waals surface area (Å²) in [6.07, 6.45) is 0. The van der Waals surface area contributed by atoms with Crippen molar-refractivity contribution >= 4 is 23.8 Å². The molecule has 17 heavy (non-hydrogen) atoms. The van der Waals surface area contributed by atoms with Gasteiger partial charge in [-0.3, -0.25) is 26.1 Å². The Morgan fingerprint density at radius 3 is 2.18 bits per heavy atom. The minimum Gasteiger partial charge on any atom is -0.324 e. The number of nitro benzene ring substituents is 2. The summed E-state index contributed by atoms with van der Waals surface area (Å²) < 4.78 is 0. The molecule has 0 saturated carbocycles. The van der Waals surface area contributed by atoms with Crippen LogP contribution < -0.4 is 17.1 Å². The number of anilines is 1. The van der Waals surface area contributed by atoms with E-state index in [9.17, 15) is 20.2 Å². The molecular formula is C7H10N6O4. The highest BCUT2D eigenvalue weighted by atomic mass is 16.6. The molecule has 10 heteroatoms. The SMILES string of the molecule is C=NN.NNc1ccc([N+](=O)[O-])cc1[N+](=O)[O-]. The number of rotatable bonds is 3. The molecule has 5 N–H and O–H groups in total. The Bertz CT molecular complexity index is 434. The van der Waals surface area contributed by atoms with Crippen molar-refractivity contribution in [1.82, 2.24) is 0 Å². The van der Waals surface area contributed by atoms with Gasteiger partial charge in [0.2, 0.25) is 0 Å². The molecule has 0 amide bonds. The van der Waals surface area contributed by atoms with E-state index in [0.29, 0.717) is 0 Å². The summed E-state index contributed by atoms with van der Waals surface area (Å²) >= 11 is 0. The van der Waals surface area contributed by atoms with Crippen LogP contribution in [0.5, 0.6) is 0 Å². The first-order valence-corrected chi connectivity index (χ1v) is 4.03. The van der Waals surface area contributed by atoms with E-state index >= 15 is 0 Å². The van der Waals surface area contributed by atoms with E-state index in [2.05, 4.69) is 23.1 Å². The molecule has 0 aromatic heterocycles. The van der Waals surface area contributed by atoms with Gasteiger partial charge in [-0.1, -0.05) is 0 Å². The summed E-state index contributed by atoms with van der Waals surface area (Å²) in [5, 5.41) is 23.5. The summed E-state index contributed by atoms with van der Waals surface area (Å²) in [6, 6.07) is 3.15. The summed E-state index contributed by atoms with van der Waals surface area (Å²) in [5.74, 6) is 9.35. The minimum absolute atomic E-state index is 0.0283. The molecule has 0 aliphatic rings. The fraction of sp³-hybridized carbons (Fsp3) is 0. The summed E-state index contributed by atoms with van der Waals surface area (Å²) in [6.45, 7) is 2.89. The zero-order valence-corrected chi connectivity index (χ0v) is 8.57. The molecule has 92 valence electrons. The van der Waals surface area contributed by atoms with Crippen molar-refractivity contribution in [2.45, 2.75) is 0 Å². The standard InChI is InChI=1S/C6H6N4O4.CH4N2/c7-8-5-2-1-4(9(11)12)3-6(5)10(13)14;1-3-2/h1-3,8H,7H2;1-2H2. The number of hydrogen-bond acceptors (Lipinski definition) is 8. The van der Waals surface area contributed by atoms with Crippen LogP contribution >= 0.6 is 0 Å². The van der Waals surface area contributed by atoms with Gasteiger partial charge >= 0.3 is 5.69 Å². The van der Waals surface area contributed by atoms with Gasteiger partial charge in [0.25, 0.3) is 5.69 Å². The third-order valence-corrected chi connectivity index (χ3v) is 1.54. The van der Waals surface area contributed by atoms with Gasteiger partial charge in [0.05, 0.1) is 15.9 Å². The Hall–Kier alpha value is -2.75. The molecule has 0 spiro atoms. The maximum absolute atomic E-state index is 10.4. The van der Waals surface area contributed by atoms with Crippen molar-refractivity contribution in [2.75, 3.05) is 5.43 Å². The first-order chi connectivity index (χ1) is 7.97. The topological polar surface area (TPSA) is 163 Å². The van der Waals surface area contributed by atoms with E-state index in [1.165, 1.54) is 6.07 Å². The van der Waals surface area contributed by atoms with Gasteiger partial charge < -0.3 is 11.3 Å². The summed E-state index contributed by atoms with van der Waals surface area (Å²) in [4.78, 5) is 19.3. The molecule has 0 aliphatic heterocycles. The molecule has 0 heterocycles. The molecule has 1 aromatic rings. The molecule has 1 rings (SSSR count). The lowest BCUT2D eigenvalue weighted by Crippen LogP contribution is -2.09. The first-order valence-electron chi connectivity index (χ1n) is 4.03. The lowest BCUT2D eigenvalue weighted by atomic mass is 10.2. The number of benzene rings is 1. The molecule has 0 fully saturated rings. The van der Waals surface area contributed by atoms with Crippen molar-refractivity contribution < 1.29 is 9.85 Å². The number of hydrazine groups is 1. The fourth-order valence-corrected chi connectivity index (χ4v) is 0.907. The number of hydrogen-bond donors (Lipinski definition) is 3. The highest BCUT2D eigenvalue weighted by Gasteiger charge is 2.18. The zero-order chi connectivity index (χ0) is 13.4. The van der Waals surface area contributed by atoms with Gasteiger partial charge in [-0.05, 0) is 6.07 Å². The number of nitro groups is 2. The lowest BCUT2D eigenvalue weighted by molar-refractivity contribution is -0.393. The van der Waals surface area contributed by atoms with Crippen molar-refractivity contribution in [3.8, 4) is 0 Å². The van der Waals surface area contributed by atoms with E-state index in [1.807, 2.05) is 0 Å². The Morgan fingerprint density at radius 1 is 1.29 bits per heavy atom. The van der Waals surface area contributed by atoms with Gasteiger partial charge in [-0.25, -0.2) is 0 Å². The van der Waals surface area contributed by atoms with Crippen LogP contribution in [-0.4, -0.2) is 16.6 Å². The van der Waals surface area contributed by atoms with Crippen LogP contribution in [0, 0.1) is 20.2 Å². The number of nitrogens with one attached hydrogen (secondary N) is 1. The van der Waals surface area contributed by atoms with E-state index in [1.54, 1.807) is 0 Å². The van der Waals surface area contributed by atoms with Gasteiger partial charge in [0.1, 0.15) is 5.69 Å². The molecule has 10 nitrogen and oxygen atoms in total. The second kappa shape index (κ2) is 6.68. The minimum atomic E-state index is -0.748. The maximum atomic E-state index is 10.4. The number of nitrogens with zero attached hydrogens (tertiary/aromatic N) is 3. The Balaban J connectivity index is 0.000000770. The van der Waals surface area contributed by atoms with Gasteiger partial charge in [-0.2, -0.15) is 5.10 Å². The van der Waals surface area contributed by atoms with Crippen molar-refractivity contribution in [3.63, 3.8) is 0 Å². The quantitative estimate of drug-likeness (QED) is 0.298. The van der Waals surface area contributed by atoms with Gasteiger partial charge in [-0.15, -0.1) is 0 Å². The van der Waals surface area contributed by atoms with Crippen LogP contribution in [0.1, 0.15) is 0 Å². The van der Waals surface area contributed by atoms with E-state index in [4.69, 9.17) is 5.84 Å². The summed E-state index contributed by atoms with van der Waals surface area (Å²) in [5.41, 5.74) is 1.33. The number of hydrazone groups is 1.